The lowest BCUT2D eigenvalue weighted by atomic mass is 10.4. The minimum Gasteiger partial charge on any atom is -0.396 e. The normalized spacial score (nSPS) is 15.8. The highest BCUT2D eigenvalue weighted by molar-refractivity contribution is 5.76. The number of urea groups is 1. The van der Waals surface area contributed by atoms with E-state index in [4.69, 9.17) is 5.73 Å². The van der Waals surface area contributed by atoms with Gasteiger partial charge in [-0.25, -0.2) is 4.79 Å². The molecule has 0 unspecified atom stereocenters. The average Bonchev–Trinajstić information content (AvgIpc) is 2.72. The van der Waals surface area contributed by atoms with E-state index in [2.05, 4.69) is 10.4 Å². The van der Waals surface area contributed by atoms with Crippen molar-refractivity contribution in [3.8, 4) is 0 Å². The van der Waals surface area contributed by atoms with Crippen molar-refractivity contribution in [1.29, 1.82) is 0 Å². The third kappa shape index (κ3) is 2.03. The second-order valence-corrected chi connectivity index (χ2v) is 3.65. The molecule has 82 valence electrons. The molecular weight excluding hydrogens is 194 g/mol. The molecule has 2 heterocycles. The van der Waals surface area contributed by atoms with Gasteiger partial charge in [-0.15, -0.1) is 0 Å². The number of carbonyl (C=O) groups excluding carboxylic acids is 1. The number of carbonyl (C=O) groups is 1. The quantitative estimate of drug-likeness (QED) is 0.723. The smallest absolute Gasteiger partial charge is 0.317 e. The molecule has 15 heavy (non-hydrogen) atoms. The van der Waals surface area contributed by atoms with E-state index in [1.807, 2.05) is 6.92 Å². The number of aryl methyl sites for hydroxylation is 1. The van der Waals surface area contributed by atoms with Crippen LogP contribution in [0, 0.1) is 6.92 Å². The van der Waals surface area contributed by atoms with Crippen LogP contribution >= 0.6 is 0 Å². The molecule has 0 radical (unpaired) electrons. The van der Waals surface area contributed by atoms with Gasteiger partial charge in [-0.1, -0.05) is 0 Å². The van der Waals surface area contributed by atoms with Gasteiger partial charge >= 0.3 is 6.03 Å². The van der Waals surface area contributed by atoms with Crippen molar-refractivity contribution in [3.63, 3.8) is 0 Å². The van der Waals surface area contributed by atoms with Crippen molar-refractivity contribution in [2.75, 3.05) is 25.4 Å². The van der Waals surface area contributed by atoms with Crippen molar-refractivity contribution >= 4 is 11.7 Å². The summed E-state index contributed by atoms with van der Waals surface area (Å²) in [6.07, 6.45) is 1.79. The van der Waals surface area contributed by atoms with Crippen LogP contribution in [-0.4, -0.2) is 40.3 Å². The zero-order valence-electron chi connectivity index (χ0n) is 8.73. The van der Waals surface area contributed by atoms with E-state index in [1.165, 1.54) is 0 Å². The Morgan fingerprint density at radius 3 is 2.93 bits per heavy atom. The molecule has 2 amide bonds. The van der Waals surface area contributed by atoms with Gasteiger partial charge in [0.05, 0.1) is 17.9 Å². The molecule has 1 fully saturated rings. The molecule has 0 atom stereocenters. The Morgan fingerprint density at radius 2 is 2.40 bits per heavy atom. The molecule has 1 saturated heterocycles. The van der Waals surface area contributed by atoms with Gasteiger partial charge in [0.25, 0.3) is 0 Å². The maximum absolute atomic E-state index is 11.2. The second-order valence-electron chi connectivity index (χ2n) is 3.65. The van der Waals surface area contributed by atoms with E-state index in [9.17, 15) is 4.79 Å². The van der Waals surface area contributed by atoms with Crippen LogP contribution in [0.4, 0.5) is 10.5 Å². The molecule has 6 heteroatoms. The summed E-state index contributed by atoms with van der Waals surface area (Å²) >= 11 is 0. The van der Waals surface area contributed by atoms with Gasteiger partial charge in [-0.2, -0.15) is 5.10 Å². The number of nitrogens with one attached hydrogen (secondary N) is 1. The van der Waals surface area contributed by atoms with Crippen LogP contribution in [0.1, 0.15) is 5.69 Å². The van der Waals surface area contributed by atoms with Gasteiger partial charge < -0.3 is 16.0 Å². The number of rotatable bonds is 3. The van der Waals surface area contributed by atoms with Gasteiger partial charge in [-0.3, -0.25) is 4.68 Å². The first-order valence-electron chi connectivity index (χ1n) is 4.99. The maximum atomic E-state index is 11.2. The third-order valence-corrected chi connectivity index (χ3v) is 2.53. The van der Waals surface area contributed by atoms with E-state index in [0.29, 0.717) is 18.8 Å². The Labute approximate surface area is 88.0 Å². The summed E-state index contributed by atoms with van der Waals surface area (Å²) in [5.41, 5.74) is 7.20. The fourth-order valence-electron chi connectivity index (χ4n) is 1.60. The number of hydrogen-bond acceptors (Lipinski definition) is 3. The zero-order valence-corrected chi connectivity index (χ0v) is 8.73. The third-order valence-electron chi connectivity index (χ3n) is 2.53. The molecule has 1 aromatic rings. The van der Waals surface area contributed by atoms with E-state index in [0.717, 1.165) is 18.8 Å². The Morgan fingerprint density at radius 1 is 1.60 bits per heavy atom. The fraction of sp³-hybridized carbons (Fsp3) is 0.556. The number of anilines is 1. The molecule has 0 spiro atoms. The molecule has 0 saturated carbocycles. The van der Waals surface area contributed by atoms with Crippen LogP contribution in [0.25, 0.3) is 0 Å². The van der Waals surface area contributed by atoms with Crippen LogP contribution < -0.4 is 11.1 Å². The summed E-state index contributed by atoms with van der Waals surface area (Å²) < 4.78 is 1.77. The van der Waals surface area contributed by atoms with E-state index < -0.39 is 0 Å². The van der Waals surface area contributed by atoms with Gasteiger partial charge in [0, 0.05) is 25.8 Å². The first kappa shape index (κ1) is 9.82. The Hall–Kier alpha value is -1.72. The molecule has 0 bridgehead atoms. The Balaban J connectivity index is 1.90. The van der Waals surface area contributed by atoms with Crippen LogP contribution in [-0.2, 0) is 6.54 Å². The molecular formula is C9H15N5O. The summed E-state index contributed by atoms with van der Waals surface area (Å²) in [5, 5.41) is 6.98. The monoisotopic (exact) mass is 209 g/mol. The minimum absolute atomic E-state index is 0.00634. The van der Waals surface area contributed by atoms with Crippen molar-refractivity contribution in [2.45, 2.75) is 13.5 Å². The lowest BCUT2D eigenvalue weighted by Gasteiger charge is -2.13. The molecule has 1 aliphatic rings. The average molecular weight is 209 g/mol. The zero-order chi connectivity index (χ0) is 10.8. The predicted octanol–water partition coefficient (Wildman–Crippen LogP) is -0.201. The highest BCUT2D eigenvalue weighted by Gasteiger charge is 2.18. The number of nitrogens with zero attached hydrogens (tertiary/aromatic N) is 3. The van der Waals surface area contributed by atoms with Crippen molar-refractivity contribution in [2.24, 2.45) is 0 Å². The summed E-state index contributed by atoms with van der Waals surface area (Å²) in [4.78, 5) is 13.0. The number of hydrogen-bond donors (Lipinski definition) is 2. The SMILES string of the molecule is Cc1nn(CCN2CCNC2=O)cc1N. The molecule has 1 aliphatic heterocycles. The van der Waals surface area contributed by atoms with E-state index in [-0.39, 0.29) is 6.03 Å². The van der Waals surface area contributed by atoms with Gasteiger partial charge in [0.1, 0.15) is 0 Å². The highest BCUT2D eigenvalue weighted by Crippen LogP contribution is 2.06. The minimum atomic E-state index is 0.00634. The van der Waals surface area contributed by atoms with Crippen molar-refractivity contribution in [3.05, 3.63) is 11.9 Å². The van der Waals surface area contributed by atoms with E-state index >= 15 is 0 Å². The van der Waals surface area contributed by atoms with Crippen LogP contribution in [0.15, 0.2) is 6.20 Å². The van der Waals surface area contributed by atoms with Crippen molar-refractivity contribution in [1.82, 2.24) is 20.0 Å². The largest absolute Gasteiger partial charge is 0.396 e. The molecule has 0 aliphatic carbocycles. The second kappa shape index (κ2) is 3.80. The highest BCUT2D eigenvalue weighted by atomic mass is 16.2. The fourth-order valence-corrected chi connectivity index (χ4v) is 1.60. The van der Waals surface area contributed by atoms with Crippen molar-refractivity contribution < 1.29 is 4.79 Å². The van der Waals surface area contributed by atoms with Crippen LogP contribution in [0.3, 0.4) is 0 Å². The summed E-state index contributed by atoms with van der Waals surface area (Å²) in [6, 6.07) is 0.00634. The Bertz CT molecular complexity index is 353. The molecule has 2 rings (SSSR count). The topological polar surface area (TPSA) is 76.2 Å². The lowest BCUT2D eigenvalue weighted by molar-refractivity contribution is 0.215. The number of amides is 2. The first-order chi connectivity index (χ1) is 7.16. The maximum Gasteiger partial charge on any atom is 0.317 e. The predicted molar refractivity (Wildman–Crippen MR) is 56.3 cm³/mol. The standard InChI is InChI=1S/C9H15N5O/c1-7-8(10)6-14(12-7)5-4-13-3-2-11-9(13)15/h6H,2-5,10H2,1H3,(H,11,15). The van der Waals surface area contributed by atoms with Crippen LogP contribution in [0.5, 0.6) is 0 Å². The summed E-state index contributed by atoms with van der Waals surface area (Å²) in [7, 11) is 0. The molecule has 3 N–H and O–H groups in total. The number of nitrogens with two attached hydrogens (primary N) is 1. The number of aromatic nitrogens is 2. The van der Waals surface area contributed by atoms with Gasteiger partial charge in [-0.05, 0) is 6.92 Å². The van der Waals surface area contributed by atoms with Gasteiger partial charge in [0.2, 0.25) is 0 Å². The van der Waals surface area contributed by atoms with Gasteiger partial charge in [0.15, 0.2) is 0 Å². The first-order valence-corrected chi connectivity index (χ1v) is 4.99. The summed E-state index contributed by atoms with van der Waals surface area (Å²) in [6.45, 7) is 4.74. The summed E-state index contributed by atoms with van der Waals surface area (Å²) in [5.74, 6) is 0. The molecule has 6 nitrogen and oxygen atoms in total. The van der Waals surface area contributed by atoms with Crippen LogP contribution in [0.2, 0.25) is 0 Å². The van der Waals surface area contributed by atoms with E-state index in [1.54, 1.807) is 15.8 Å². The molecule has 1 aromatic heterocycles. The lowest BCUT2D eigenvalue weighted by Crippen LogP contribution is -2.31. The Kier molecular flexibility index (Phi) is 2.49. The molecule has 0 aromatic carbocycles. The number of nitrogen functional groups attached to an aromatic ring is 1.